The number of nitrogen functional groups attached to an aromatic ring is 1. The Balaban J connectivity index is 1.98. The smallest absolute Gasteiger partial charge is 0.239 e. The summed E-state index contributed by atoms with van der Waals surface area (Å²) in [6, 6.07) is 0. The van der Waals surface area contributed by atoms with E-state index in [1.54, 1.807) is 0 Å². The Morgan fingerprint density at radius 1 is 1.62 bits per heavy atom. The van der Waals surface area contributed by atoms with Crippen LogP contribution in [0.4, 0.5) is 16.2 Å². The van der Waals surface area contributed by atoms with Crippen molar-refractivity contribution in [3.63, 3.8) is 0 Å². The van der Waals surface area contributed by atoms with Crippen LogP contribution in [0.1, 0.15) is 20.3 Å². The van der Waals surface area contributed by atoms with Crippen LogP contribution < -0.4 is 16.6 Å². The van der Waals surface area contributed by atoms with Crippen molar-refractivity contribution in [1.82, 2.24) is 9.97 Å². The molecule has 1 aliphatic carbocycles. The van der Waals surface area contributed by atoms with Crippen LogP contribution in [0.2, 0.25) is 0 Å². The lowest BCUT2D eigenvalue weighted by atomic mass is 10.1. The molecule has 1 unspecified atom stereocenters. The first-order valence-corrected chi connectivity index (χ1v) is 5.26. The zero-order valence-corrected chi connectivity index (χ0v) is 9.42. The van der Waals surface area contributed by atoms with Crippen molar-refractivity contribution in [1.29, 1.82) is 0 Å². The molecule has 0 bridgehead atoms. The number of nitrogens with one attached hydrogen (secondary N) is 2. The molecule has 88 valence electrons. The van der Waals surface area contributed by atoms with Gasteiger partial charge in [0.05, 0.1) is 6.20 Å². The van der Waals surface area contributed by atoms with Crippen molar-refractivity contribution in [2.24, 2.45) is 17.2 Å². The van der Waals surface area contributed by atoms with Gasteiger partial charge in [0.1, 0.15) is 0 Å². The highest BCUT2D eigenvalue weighted by Gasteiger charge is 2.45. The van der Waals surface area contributed by atoms with E-state index in [9.17, 15) is 4.39 Å². The van der Waals surface area contributed by atoms with Crippen LogP contribution in [-0.2, 0) is 0 Å². The Labute approximate surface area is 93.6 Å². The SMILES string of the molecule is CC1(C)CC1CNc1nc(NN)ncc1F. The maximum absolute atomic E-state index is 13.3. The molecular formula is C10H16FN5. The maximum atomic E-state index is 13.3. The molecule has 1 aromatic rings. The molecule has 0 aromatic carbocycles. The van der Waals surface area contributed by atoms with E-state index in [-0.39, 0.29) is 11.8 Å². The van der Waals surface area contributed by atoms with Crippen molar-refractivity contribution in [2.75, 3.05) is 17.3 Å². The zero-order valence-electron chi connectivity index (χ0n) is 9.42. The minimum atomic E-state index is -0.461. The summed E-state index contributed by atoms with van der Waals surface area (Å²) in [6.45, 7) is 5.12. The van der Waals surface area contributed by atoms with Gasteiger partial charge in [0.2, 0.25) is 5.95 Å². The fourth-order valence-electron chi connectivity index (χ4n) is 1.71. The normalized spacial score (nSPS) is 21.6. The summed E-state index contributed by atoms with van der Waals surface area (Å²) in [5.41, 5.74) is 2.65. The average molecular weight is 225 g/mol. The fraction of sp³-hybridized carbons (Fsp3) is 0.600. The fourth-order valence-corrected chi connectivity index (χ4v) is 1.71. The zero-order chi connectivity index (χ0) is 11.8. The van der Waals surface area contributed by atoms with Crippen molar-refractivity contribution >= 4 is 11.8 Å². The maximum Gasteiger partial charge on any atom is 0.239 e. The van der Waals surface area contributed by atoms with E-state index >= 15 is 0 Å². The molecule has 6 heteroatoms. The van der Waals surface area contributed by atoms with Crippen LogP contribution in [0, 0.1) is 17.2 Å². The van der Waals surface area contributed by atoms with E-state index in [4.69, 9.17) is 5.84 Å². The molecule has 5 nitrogen and oxygen atoms in total. The van der Waals surface area contributed by atoms with E-state index in [2.05, 4.69) is 34.6 Å². The molecule has 0 amide bonds. The minimum absolute atomic E-state index is 0.200. The van der Waals surface area contributed by atoms with Gasteiger partial charge in [-0.1, -0.05) is 13.8 Å². The molecule has 0 aliphatic heterocycles. The predicted octanol–water partition coefficient (Wildman–Crippen LogP) is 1.36. The van der Waals surface area contributed by atoms with Gasteiger partial charge < -0.3 is 5.32 Å². The van der Waals surface area contributed by atoms with E-state index in [0.29, 0.717) is 11.3 Å². The van der Waals surface area contributed by atoms with Crippen LogP contribution in [-0.4, -0.2) is 16.5 Å². The quantitative estimate of drug-likeness (QED) is 0.533. The summed E-state index contributed by atoms with van der Waals surface area (Å²) in [4.78, 5) is 7.57. The minimum Gasteiger partial charge on any atom is -0.367 e. The van der Waals surface area contributed by atoms with Gasteiger partial charge in [0.25, 0.3) is 0 Å². The van der Waals surface area contributed by atoms with Crippen molar-refractivity contribution in [2.45, 2.75) is 20.3 Å². The van der Waals surface area contributed by atoms with Crippen LogP contribution in [0.3, 0.4) is 0 Å². The molecular weight excluding hydrogens is 209 g/mol. The van der Waals surface area contributed by atoms with Gasteiger partial charge in [-0.3, -0.25) is 5.43 Å². The standard InChI is InChI=1S/C10H16FN5/c1-10(2)3-6(10)4-13-8-7(11)5-14-9(15-8)16-12/h5-6H,3-4,12H2,1-2H3,(H2,13,14,15,16). The first kappa shape index (κ1) is 11.1. The van der Waals surface area contributed by atoms with E-state index < -0.39 is 5.82 Å². The third kappa shape index (κ3) is 2.21. The van der Waals surface area contributed by atoms with Crippen LogP contribution in [0.25, 0.3) is 0 Å². The summed E-state index contributed by atoms with van der Waals surface area (Å²) in [5, 5.41) is 2.98. The second-order valence-corrected chi connectivity index (χ2v) is 4.81. The summed E-state index contributed by atoms with van der Waals surface area (Å²) in [5.74, 6) is 5.68. The first-order valence-electron chi connectivity index (χ1n) is 5.26. The van der Waals surface area contributed by atoms with E-state index in [0.717, 1.165) is 19.2 Å². The van der Waals surface area contributed by atoms with Gasteiger partial charge in [-0.15, -0.1) is 0 Å². The van der Waals surface area contributed by atoms with Gasteiger partial charge in [-0.05, 0) is 17.8 Å². The molecule has 1 aromatic heterocycles. The second-order valence-electron chi connectivity index (χ2n) is 4.81. The molecule has 1 saturated carbocycles. The second kappa shape index (κ2) is 3.86. The number of halogens is 1. The Bertz CT molecular complexity index is 393. The lowest BCUT2D eigenvalue weighted by molar-refractivity contribution is 0.569. The highest BCUT2D eigenvalue weighted by atomic mass is 19.1. The third-order valence-corrected chi connectivity index (χ3v) is 3.11. The van der Waals surface area contributed by atoms with Crippen molar-refractivity contribution < 1.29 is 4.39 Å². The molecule has 4 N–H and O–H groups in total. The number of hydrogen-bond acceptors (Lipinski definition) is 5. The van der Waals surface area contributed by atoms with Gasteiger partial charge >= 0.3 is 0 Å². The summed E-state index contributed by atoms with van der Waals surface area (Å²) in [6.07, 6.45) is 2.26. The Hall–Kier alpha value is -1.43. The average Bonchev–Trinajstić information content (AvgIpc) is 2.85. The Morgan fingerprint density at radius 3 is 2.88 bits per heavy atom. The largest absolute Gasteiger partial charge is 0.367 e. The number of nitrogens with two attached hydrogens (primary N) is 1. The lowest BCUT2D eigenvalue weighted by Gasteiger charge is -2.08. The number of hydrogen-bond donors (Lipinski definition) is 3. The van der Waals surface area contributed by atoms with Gasteiger partial charge in [-0.2, -0.15) is 4.98 Å². The summed E-state index contributed by atoms with van der Waals surface area (Å²) in [7, 11) is 0. The molecule has 16 heavy (non-hydrogen) atoms. The van der Waals surface area contributed by atoms with Crippen molar-refractivity contribution in [3.8, 4) is 0 Å². The van der Waals surface area contributed by atoms with E-state index in [1.807, 2.05) is 0 Å². The molecule has 1 heterocycles. The monoisotopic (exact) mass is 225 g/mol. The Kier molecular flexibility index (Phi) is 2.67. The number of anilines is 2. The molecule has 0 radical (unpaired) electrons. The molecule has 0 spiro atoms. The predicted molar refractivity (Wildman–Crippen MR) is 60.2 cm³/mol. The first-order chi connectivity index (χ1) is 7.53. The highest BCUT2D eigenvalue weighted by molar-refractivity contribution is 5.40. The van der Waals surface area contributed by atoms with Crippen LogP contribution in [0.15, 0.2) is 6.20 Å². The van der Waals surface area contributed by atoms with Crippen LogP contribution in [0.5, 0.6) is 0 Å². The molecule has 1 fully saturated rings. The summed E-state index contributed by atoms with van der Waals surface area (Å²) >= 11 is 0. The molecule has 0 saturated heterocycles. The lowest BCUT2D eigenvalue weighted by Crippen LogP contribution is -2.14. The third-order valence-electron chi connectivity index (χ3n) is 3.11. The number of hydrazine groups is 1. The molecule has 1 atom stereocenters. The van der Waals surface area contributed by atoms with Gasteiger partial charge in [0, 0.05) is 6.54 Å². The summed E-state index contributed by atoms with van der Waals surface area (Å²) < 4.78 is 13.3. The molecule has 1 aliphatic rings. The number of rotatable bonds is 4. The highest BCUT2D eigenvalue weighted by Crippen LogP contribution is 2.51. The van der Waals surface area contributed by atoms with Gasteiger partial charge in [0.15, 0.2) is 11.6 Å². The Morgan fingerprint density at radius 2 is 2.31 bits per heavy atom. The number of aromatic nitrogens is 2. The van der Waals surface area contributed by atoms with Crippen LogP contribution >= 0.6 is 0 Å². The van der Waals surface area contributed by atoms with Gasteiger partial charge in [-0.25, -0.2) is 15.2 Å². The molecule has 2 rings (SSSR count). The van der Waals surface area contributed by atoms with E-state index in [1.165, 1.54) is 0 Å². The van der Waals surface area contributed by atoms with Crippen molar-refractivity contribution in [3.05, 3.63) is 12.0 Å². The topological polar surface area (TPSA) is 75.9 Å². The number of nitrogens with zero attached hydrogens (tertiary/aromatic N) is 2.